The molecule has 39 heavy (non-hydrogen) atoms. The van der Waals surface area contributed by atoms with Crippen molar-refractivity contribution >= 4 is 5.91 Å². The molecule has 4 nitrogen and oxygen atoms in total. The zero-order valence-corrected chi connectivity index (χ0v) is 24.6. The second kappa shape index (κ2) is 16.9. The maximum Gasteiger partial charge on any atom is 0.226 e. The van der Waals surface area contributed by atoms with Gasteiger partial charge in [0.2, 0.25) is 5.91 Å². The quantitative estimate of drug-likeness (QED) is 0.360. The molecule has 3 aromatic rings. The molecule has 0 saturated carbocycles. The lowest BCUT2D eigenvalue weighted by atomic mass is 9.92. The minimum atomic E-state index is 0.207. The minimum absolute atomic E-state index is 0.207. The smallest absolute Gasteiger partial charge is 0.226 e. The predicted octanol–water partition coefficient (Wildman–Crippen LogP) is 6.63. The molecule has 210 valence electrons. The van der Waals surface area contributed by atoms with Crippen LogP contribution in [-0.4, -0.2) is 66.9 Å². The largest absolute Gasteiger partial charge is 0.338 e. The molecular formula is C35H49N3O. The summed E-state index contributed by atoms with van der Waals surface area (Å²) in [7, 11) is 2.23. The molecule has 5 rings (SSSR count). The zero-order valence-electron chi connectivity index (χ0n) is 24.6. The Labute approximate surface area is 237 Å². The third kappa shape index (κ3) is 11.0. The van der Waals surface area contributed by atoms with Crippen molar-refractivity contribution in [1.29, 1.82) is 0 Å². The van der Waals surface area contributed by atoms with E-state index in [0.29, 0.717) is 5.91 Å². The number of carbonyl (C=O) groups excluding carboxylic acids is 1. The van der Waals surface area contributed by atoms with Crippen LogP contribution < -0.4 is 0 Å². The van der Waals surface area contributed by atoms with Crippen molar-refractivity contribution in [3.05, 3.63) is 108 Å². The van der Waals surface area contributed by atoms with Gasteiger partial charge >= 0.3 is 0 Å². The molecule has 2 fully saturated rings. The SMILES string of the molecule is CCN(Cc1ccccc1)C(=O)C1CCN(C[C@H]2CN(C)CC2C)CC1.Cc1ccccc1.c1ccccc1. The zero-order chi connectivity index (χ0) is 27.9. The molecule has 0 N–H and O–H groups in total. The van der Waals surface area contributed by atoms with Gasteiger partial charge in [-0.25, -0.2) is 0 Å². The Bertz CT molecular complexity index is 1010. The molecular weight excluding hydrogens is 478 g/mol. The maximum atomic E-state index is 13.0. The van der Waals surface area contributed by atoms with Crippen LogP contribution >= 0.6 is 0 Å². The van der Waals surface area contributed by atoms with Crippen LogP contribution in [0.15, 0.2) is 97.1 Å². The number of aryl methyl sites for hydroxylation is 1. The lowest BCUT2D eigenvalue weighted by molar-refractivity contribution is -0.137. The van der Waals surface area contributed by atoms with Gasteiger partial charge in [0.05, 0.1) is 0 Å². The van der Waals surface area contributed by atoms with Crippen LogP contribution in [0, 0.1) is 24.7 Å². The first-order valence-corrected chi connectivity index (χ1v) is 14.7. The van der Waals surface area contributed by atoms with E-state index in [1.807, 2.05) is 77.7 Å². The highest BCUT2D eigenvalue weighted by molar-refractivity contribution is 5.79. The highest BCUT2D eigenvalue weighted by atomic mass is 16.2. The molecule has 0 bridgehead atoms. The van der Waals surface area contributed by atoms with E-state index in [9.17, 15) is 4.79 Å². The van der Waals surface area contributed by atoms with Gasteiger partial charge in [0, 0.05) is 38.6 Å². The van der Waals surface area contributed by atoms with E-state index < -0.39 is 0 Å². The van der Waals surface area contributed by atoms with Gasteiger partial charge in [-0.15, -0.1) is 0 Å². The van der Waals surface area contributed by atoms with Gasteiger partial charge in [-0.1, -0.05) is 110 Å². The number of nitrogens with zero attached hydrogens (tertiary/aromatic N) is 3. The van der Waals surface area contributed by atoms with Crippen LogP contribution in [0.3, 0.4) is 0 Å². The lowest BCUT2D eigenvalue weighted by Crippen LogP contribution is -2.44. The molecule has 0 aromatic heterocycles. The summed E-state index contributed by atoms with van der Waals surface area (Å²) in [4.78, 5) is 20.1. The number of piperidine rings is 1. The van der Waals surface area contributed by atoms with E-state index in [1.165, 1.54) is 30.8 Å². The molecule has 2 atom stereocenters. The Kier molecular flexibility index (Phi) is 13.2. The van der Waals surface area contributed by atoms with E-state index in [-0.39, 0.29) is 5.92 Å². The van der Waals surface area contributed by atoms with Gasteiger partial charge in [0.25, 0.3) is 0 Å². The Morgan fingerprint density at radius 1 is 0.821 bits per heavy atom. The number of rotatable bonds is 6. The van der Waals surface area contributed by atoms with E-state index in [0.717, 1.165) is 50.9 Å². The van der Waals surface area contributed by atoms with Gasteiger partial charge in [-0.05, 0) is 64.2 Å². The van der Waals surface area contributed by atoms with Gasteiger partial charge in [-0.2, -0.15) is 0 Å². The first-order chi connectivity index (χ1) is 19.0. The highest BCUT2D eigenvalue weighted by Crippen LogP contribution is 2.26. The standard InChI is InChI=1S/C22H35N3O.C7H8.C6H6/c1-4-25(15-19-8-6-5-7-9-19)22(26)20-10-12-24(13-11-20)17-21-16-23(3)14-18(21)2;1-7-5-3-2-4-6-7;1-2-4-6-5-3-1/h5-9,18,20-21H,4,10-17H2,1-3H3;2-6H,1H3;1-6H/t18?,21-;;/m1../s1. The van der Waals surface area contributed by atoms with Gasteiger partial charge in [-0.3, -0.25) is 4.79 Å². The van der Waals surface area contributed by atoms with Crippen LogP contribution in [-0.2, 0) is 11.3 Å². The third-order valence-corrected chi connectivity index (χ3v) is 7.90. The summed E-state index contributed by atoms with van der Waals surface area (Å²) in [6.07, 6.45) is 2.03. The Morgan fingerprint density at radius 3 is 1.77 bits per heavy atom. The van der Waals surface area contributed by atoms with E-state index in [2.05, 4.69) is 61.9 Å². The average Bonchev–Trinajstić information content (AvgIpc) is 3.30. The summed E-state index contributed by atoms with van der Waals surface area (Å²) in [5, 5.41) is 0. The van der Waals surface area contributed by atoms with Gasteiger partial charge in [0.1, 0.15) is 0 Å². The molecule has 3 aromatic carbocycles. The lowest BCUT2D eigenvalue weighted by Gasteiger charge is -2.35. The van der Waals surface area contributed by atoms with E-state index in [1.54, 1.807) is 0 Å². The molecule has 0 aliphatic carbocycles. The molecule has 4 heteroatoms. The van der Waals surface area contributed by atoms with Crippen LogP contribution in [0.2, 0.25) is 0 Å². The number of amides is 1. The molecule has 0 spiro atoms. The molecule has 2 saturated heterocycles. The first kappa shape index (κ1) is 30.6. The second-order valence-corrected chi connectivity index (χ2v) is 11.2. The van der Waals surface area contributed by atoms with Gasteiger partial charge in [0.15, 0.2) is 0 Å². The summed E-state index contributed by atoms with van der Waals surface area (Å²) in [5.41, 5.74) is 2.54. The number of carbonyl (C=O) groups is 1. The van der Waals surface area contributed by atoms with Crippen molar-refractivity contribution in [2.75, 3.05) is 46.3 Å². The van der Waals surface area contributed by atoms with Crippen molar-refractivity contribution in [3.63, 3.8) is 0 Å². The fourth-order valence-corrected chi connectivity index (χ4v) is 5.55. The molecule has 2 heterocycles. The molecule has 1 unspecified atom stereocenters. The van der Waals surface area contributed by atoms with Crippen LogP contribution in [0.1, 0.15) is 37.8 Å². The topological polar surface area (TPSA) is 26.8 Å². The Hall–Kier alpha value is -2.95. The average molecular weight is 528 g/mol. The molecule has 1 amide bonds. The summed E-state index contributed by atoms with van der Waals surface area (Å²) in [6, 6.07) is 32.6. The number of benzene rings is 3. The fraction of sp³-hybridized carbons (Fsp3) is 0.457. The summed E-state index contributed by atoms with van der Waals surface area (Å²) in [5.74, 6) is 2.14. The normalized spacial score (nSPS) is 19.8. The predicted molar refractivity (Wildman–Crippen MR) is 164 cm³/mol. The third-order valence-electron chi connectivity index (χ3n) is 7.90. The van der Waals surface area contributed by atoms with Crippen molar-refractivity contribution in [3.8, 4) is 0 Å². The maximum absolute atomic E-state index is 13.0. The Balaban J connectivity index is 0.000000262. The summed E-state index contributed by atoms with van der Waals surface area (Å²) < 4.78 is 0. The first-order valence-electron chi connectivity index (χ1n) is 14.7. The van der Waals surface area contributed by atoms with E-state index >= 15 is 0 Å². The fourth-order valence-electron chi connectivity index (χ4n) is 5.55. The monoisotopic (exact) mass is 527 g/mol. The van der Waals surface area contributed by atoms with Crippen LogP contribution in [0.4, 0.5) is 0 Å². The highest BCUT2D eigenvalue weighted by Gasteiger charge is 2.32. The van der Waals surface area contributed by atoms with Gasteiger partial charge < -0.3 is 14.7 Å². The van der Waals surface area contributed by atoms with Crippen molar-refractivity contribution in [1.82, 2.24) is 14.7 Å². The minimum Gasteiger partial charge on any atom is -0.338 e. The summed E-state index contributed by atoms with van der Waals surface area (Å²) in [6.45, 7) is 13.9. The number of hydrogen-bond acceptors (Lipinski definition) is 3. The van der Waals surface area contributed by atoms with Crippen molar-refractivity contribution in [2.45, 2.75) is 40.2 Å². The van der Waals surface area contributed by atoms with E-state index in [4.69, 9.17) is 0 Å². The van der Waals surface area contributed by atoms with Crippen molar-refractivity contribution < 1.29 is 4.79 Å². The van der Waals surface area contributed by atoms with Crippen LogP contribution in [0.25, 0.3) is 0 Å². The molecule has 0 radical (unpaired) electrons. The molecule has 2 aliphatic heterocycles. The van der Waals surface area contributed by atoms with Crippen LogP contribution in [0.5, 0.6) is 0 Å². The Morgan fingerprint density at radius 2 is 1.33 bits per heavy atom. The van der Waals surface area contributed by atoms with Crippen molar-refractivity contribution in [2.24, 2.45) is 17.8 Å². The number of hydrogen-bond donors (Lipinski definition) is 0. The summed E-state index contributed by atoms with van der Waals surface area (Å²) >= 11 is 0. The number of likely N-dealkylation sites (tertiary alicyclic amines) is 2. The second-order valence-electron chi connectivity index (χ2n) is 11.2. The molecule has 2 aliphatic rings.